The Morgan fingerprint density at radius 1 is 0.949 bits per heavy atom. The van der Waals surface area contributed by atoms with Gasteiger partial charge in [0.15, 0.2) is 11.5 Å². The van der Waals surface area contributed by atoms with Gasteiger partial charge in [-0.05, 0) is 73.9 Å². The molecule has 2 heterocycles. The molecule has 1 N–H and O–H groups in total. The van der Waals surface area contributed by atoms with Gasteiger partial charge in [-0.1, -0.05) is 25.5 Å². The van der Waals surface area contributed by atoms with Crippen molar-refractivity contribution in [3.63, 3.8) is 0 Å². The molecule has 1 aliphatic heterocycles. The molecule has 0 bridgehead atoms. The van der Waals surface area contributed by atoms with Crippen LogP contribution in [0, 0.1) is 0 Å². The van der Waals surface area contributed by atoms with Crippen LogP contribution in [0.2, 0.25) is 0 Å². The number of benzene rings is 2. The van der Waals surface area contributed by atoms with E-state index < -0.39 is 17.7 Å². The second kappa shape index (κ2) is 13.0. The van der Waals surface area contributed by atoms with Gasteiger partial charge in [-0.25, -0.2) is 0 Å². The van der Waals surface area contributed by atoms with Crippen molar-refractivity contribution < 1.29 is 28.9 Å². The lowest BCUT2D eigenvalue weighted by Crippen LogP contribution is -2.29. The van der Waals surface area contributed by atoms with Gasteiger partial charge >= 0.3 is 0 Å². The van der Waals surface area contributed by atoms with Gasteiger partial charge in [0.05, 0.1) is 31.4 Å². The summed E-state index contributed by atoms with van der Waals surface area (Å²) >= 11 is 0. The molecule has 204 valence electrons. The van der Waals surface area contributed by atoms with E-state index in [9.17, 15) is 14.7 Å². The number of ketones is 1. The Balaban J connectivity index is 1.79. The van der Waals surface area contributed by atoms with Crippen LogP contribution < -0.4 is 14.2 Å². The summed E-state index contributed by atoms with van der Waals surface area (Å²) in [5, 5.41) is 11.4. The summed E-state index contributed by atoms with van der Waals surface area (Å²) in [4.78, 5) is 32.4. The van der Waals surface area contributed by atoms with Crippen LogP contribution in [0.1, 0.15) is 56.3 Å². The zero-order valence-electron chi connectivity index (χ0n) is 22.6. The number of Topliss-reactive ketones (excluding diaryl/α,β-unsaturated/α-hetero) is 1. The Labute approximate surface area is 228 Å². The molecule has 1 atom stereocenters. The summed E-state index contributed by atoms with van der Waals surface area (Å²) in [6.07, 6.45) is 5.26. The molecule has 2 aromatic carbocycles. The highest BCUT2D eigenvalue weighted by Gasteiger charge is 2.46. The first-order valence-corrected chi connectivity index (χ1v) is 13.3. The third-order valence-electron chi connectivity index (χ3n) is 6.39. The minimum Gasteiger partial charge on any atom is -0.507 e. The van der Waals surface area contributed by atoms with Crippen LogP contribution in [0.25, 0.3) is 5.76 Å². The second-order valence-electron chi connectivity index (χ2n) is 9.09. The van der Waals surface area contributed by atoms with Gasteiger partial charge in [0.25, 0.3) is 11.7 Å². The Hall–Kier alpha value is -4.33. The summed E-state index contributed by atoms with van der Waals surface area (Å²) in [5.41, 5.74) is 1.80. The molecule has 1 fully saturated rings. The number of ether oxygens (including phenoxy) is 3. The van der Waals surface area contributed by atoms with Crippen molar-refractivity contribution in [1.29, 1.82) is 0 Å². The maximum atomic E-state index is 13.4. The van der Waals surface area contributed by atoms with E-state index in [-0.39, 0.29) is 17.9 Å². The van der Waals surface area contributed by atoms with Crippen molar-refractivity contribution >= 4 is 17.4 Å². The van der Waals surface area contributed by atoms with Gasteiger partial charge in [0.2, 0.25) is 0 Å². The van der Waals surface area contributed by atoms with Crippen LogP contribution >= 0.6 is 0 Å². The van der Waals surface area contributed by atoms with E-state index in [1.807, 2.05) is 19.9 Å². The first-order valence-electron chi connectivity index (χ1n) is 13.3. The van der Waals surface area contributed by atoms with Crippen LogP contribution in [0.15, 0.2) is 72.6 Å². The summed E-state index contributed by atoms with van der Waals surface area (Å²) in [7, 11) is 0. The molecule has 0 unspecified atom stereocenters. The van der Waals surface area contributed by atoms with Crippen LogP contribution in [-0.2, 0) is 16.1 Å². The van der Waals surface area contributed by atoms with Gasteiger partial charge < -0.3 is 24.2 Å². The van der Waals surface area contributed by atoms with Crippen LogP contribution in [0.5, 0.6) is 17.2 Å². The number of carbonyl (C=O) groups excluding carboxylic acids is 2. The van der Waals surface area contributed by atoms with Crippen LogP contribution in [-0.4, -0.2) is 46.5 Å². The highest BCUT2D eigenvalue weighted by Crippen LogP contribution is 2.42. The number of nitrogens with zero attached hydrogens (tertiary/aromatic N) is 2. The largest absolute Gasteiger partial charge is 0.507 e. The van der Waals surface area contributed by atoms with Crippen molar-refractivity contribution in [2.75, 3.05) is 19.8 Å². The number of aliphatic hydroxyl groups excluding tert-OH is 1. The van der Waals surface area contributed by atoms with Crippen molar-refractivity contribution in [3.8, 4) is 17.2 Å². The molecule has 0 spiro atoms. The molecule has 3 aromatic rings. The molecule has 1 saturated heterocycles. The minimum absolute atomic E-state index is 0.00940. The van der Waals surface area contributed by atoms with Gasteiger partial charge in [0, 0.05) is 24.5 Å². The Bertz CT molecular complexity index is 1320. The zero-order chi connectivity index (χ0) is 27.8. The van der Waals surface area contributed by atoms with E-state index in [0.717, 1.165) is 18.4 Å². The number of carbonyl (C=O) groups is 2. The van der Waals surface area contributed by atoms with E-state index in [1.165, 1.54) is 4.90 Å². The van der Waals surface area contributed by atoms with Crippen LogP contribution in [0.3, 0.4) is 0 Å². The summed E-state index contributed by atoms with van der Waals surface area (Å²) in [6, 6.07) is 14.9. The quantitative estimate of drug-likeness (QED) is 0.139. The molecular weight excluding hydrogens is 496 g/mol. The summed E-state index contributed by atoms with van der Waals surface area (Å²) in [5.74, 6) is 0.0251. The monoisotopic (exact) mass is 530 g/mol. The topological polar surface area (TPSA) is 98.2 Å². The fraction of sp³-hybridized carbons (Fsp3) is 0.323. The molecule has 8 nitrogen and oxygen atoms in total. The Kier molecular flexibility index (Phi) is 9.20. The zero-order valence-corrected chi connectivity index (χ0v) is 22.6. The molecule has 39 heavy (non-hydrogen) atoms. The van der Waals surface area contributed by atoms with E-state index in [2.05, 4.69) is 11.9 Å². The molecule has 4 rings (SSSR count). The number of rotatable bonds is 12. The fourth-order valence-corrected chi connectivity index (χ4v) is 4.51. The minimum atomic E-state index is -0.847. The van der Waals surface area contributed by atoms with Crippen molar-refractivity contribution in [3.05, 3.63) is 89.3 Å². The number of pyridine rings is 1. The van der Waals surface area contributed by atoms with Gasteiger partial charge in [-0.2, -0.15) is 0 Å². The highest BCUT2D eigenvalue weighted by molar-refractivity contribution is 6.46. The number of hydrogen-bond acceptors (Lipinski definition) is 7. The first-order chi connectivity index (χ1) is 19.0. The normalized spacial score (nSPS) is 16.4. The molecule has 0 radical (unpaired) electrons. The molecule has 0 aliphatic carbocycles. The van der Waals surface area contributed by atoms with E-state index in [0.29, 0.717) is 48.2 Å². The van der Waals surface area contributed by atoms with Gasteiger partial charge in [0.1, 0.15) is 11.5 Å². The predicted octanol–water partition coefficient (Wildman–Crippen LogP) is 5.68. The SMILES string of the molecule is CCCCOc1ccc(C(O)=C2C(=O)C(=O)N(Cc3cccnc3)[C@@H]2c2ccc(OCC)c(OCC)c2)cc1. The molecule has 0 saturated carbocycles. The number of aromatic nitrogens is 1. The average molecular weight is 531 g/mol. The number of likely N-dealkylation sites (tertiary alicyclic amines) is 1. The summed E-state index contributed by atoms with van der Waals surface area (Å²) in [6.45, 7) is 7.44. The average Bonchev–Trinajstić information content (AvgIpc) is 3.20. The lowest BCUT2D eigenvalue weighted by atomic mass is 9.94. The number of unbranched alkanes of at least 4 members (excludes halogenated alkanes) is 1. The second-order valence-corrected chi connectivity index (χ2v) is 9.09. The van der Waals surface area contributed by atoms with E-state index >= 15 is 0 Å². The Morgan fingerprint density at radius 2 is 1.69 bits per heavy atom. The lowest BCUT2D eigenvalue weighted by Gasteiger charge is -2.26. The van der Waals surface area contributed by atoms with E-state index in [1.54, 1.807) is 60.9 Å². The third kappa shape index (κ3) is 6.22. The molecule has 8 heteroatoms. The molecule has 1 aliphatic rings. The number of amides is 1. The van der Waals surface area contributed by atoms with Crippen molar-refractivity contribution in [2.24, 2.45) is 0 Å². The molecular formula is C31H34N2O6. The smallest absolute Gasteiger partial charge is 0.295 e. The maximum absolute atomic E-state index is 13.4. The summed E-state index contributed by atoms with van der Waals surface area (Å²) < 4.78 is 17.3. The van der Waals surface area contributed by atoms with Gasteiger partial charge in [-0.3, -0.25) is 14.6 Å². The fourth-order valence-electron chi connectivity index (χ4n) is 4.51. The number of hydrogen-bond donors (Lipinski definition) is 1. The lowest BCUT2D eigenvalue weighted by molar-refractivity contribution is -0.140. The highest BCUT2D eigenvalue weighted by atomic mass is 16.5. The van der Waals surface area contributed by atoms with E-state index in [4.69, 9.17) is 14.2 Å². The Morgan fingerprint density at radius 3 is 2.36 bits per heavy atom. The van der Waals surface area contributed by atoms with Gasteiger partial charge in [-0.15, -0.1) is 0 Å². The van der Waals surface area contributed by atoms with Crippen LogP contribution in [0.4, 0.5) is 0 Å². The first kappa shape index (κ1) is 27.7. The molecule has 1 amide bonds. The maximum Gasteiger partial charge on any atom is 0.295 e. The van der Waals surface area contributed by atoms with Crippen molar-refractivity contribution in [1.82, 2.24) is 9.88 Å². The van der Waals surface area contributed by atoms with Crippen molar-refractivity contribution in [2.45, 2.75) is 46.2 Å². The predicted molar refractivity (Wildman–Crippen MR) is 148 cm³/mol. The number of aliphatic hydroxyl groups is 1. The molecule has 1 aromatic heterocycles. The third-order valence-corrected chi connectivity index (χ3v) is 6.39. The standard InChI is InChI=1S/C31H34N2O6/c1-4-7-17-39-24-13-10-22(11-14-24)29(34)27-28(23-12-15-25(37-5-2)26(18-23)38-6-3)33(31(36)30(27)35)20-21-9-8-16-32-19-21/h8-16,18-19,28,34H,4-7,17,20H2,1-3H3/t28-/m1/s1.